The van der Waals surface area contributed by atoms with Crippen molar-refractivity contribution in [3.8, 4) is 0 Å². The Morgan fingerprint density at radius 3 is 2.65 bits per heavy atom. The third-order valence-corrected chi connectivity index (χ3v) is 3.53. The number of aldehydes is 1. The Labute approximate surface area is 130 Å². The summed E-state index contributed by atoms with van der Waals surface area (Å²) in [5, 5.41) is 0.687. The van der Waals surface area contributed by atoms with Crippen LogP contribution in [0.3, 0.4) is 0 Å². The van der Waals surface area contributed by atoms with Gasteiger partial charge in [-0.25, -0.2) is 14.3 Å². The van der Waals surface area contributed by atoms with Crippen LogP contribution in [0.25, 0.3) is 11.0 Å². The summed E-state index contributed by atoms with van der Waals surface area (Å²) >= 11 is 2.09. The number of halogens is 1. The van der Waals surface area contributed by atoms with Gasteiger partial charge in [-0.1, -0.05) is 0 Å². The molecule has 0 spiro atoms. The molecule has 0 saturated heterocycles. The van der Waals surface area contributed by atoms with E-state index in [9.17, 15) is 9.59 Å². The molecule has 0 amide bonds. The minimum atomic E-state index is -0.586. The number of aromatic nitrogens is 2. The summed E-state index contributed by atoms with van der Waals surface area (Å²) in [7, 11) is 0. The standard InChI is InChI=1S/C14H15IN2O3/c1-8-5-16-12-11(9(8)7-18)10(15)6-17(12)13(19)20-14(2,3)4/h5-7H,1-4H3. The number of carbonyl (C=O) groups is 2. The molecule has 5 nitrogen and oxygen atoms in total. The lowest BCUT2D eigenvalue weighted by Gasteiger charge is -2.19. The van der Waals surface area contributed by atoms with Crippen molar-refractivity contribution in [3.05, 3.63) is 27.1 Å². The van der Waals surface area contributed by atoms with Crippen molar-refractivity contribution in [2.24, 2.45) is 0 Å². The highest BCUT2D eigenvalue weighted by Gasteiger charge is 2.22. The maximum Gasteiger partial charge on any atom is 0.420 e. The van der Waals surface area contributed by atoms with Crippen LogP contribution in [0.4, 0.5) is 4.79 Å². The third-order valence-electron chi connectivity index (χ3n) is 2.72. The zero-order valence-electron chi connectivity index (χ0n) is 11.7. The predicted octanol–water partition coefficient (Wildman–Crippen LogP) is 3.55. The fourth-order valence-electron chi connectivity index (χ4n) is 1.87. The lowest BCUT2D eigenvalue weighted by atomic mass is 10.1. The van der Waals surface area contributed by atoms with Gasteiger partial charge in [-0.3, -0.25) is 4.79 Å². The smallest absolute Gasteiger partial charge is 0.420 e. The van der Waals surface area contributed by atoms with E-state index in [4.69, 9.17) is 4.74 Å². The summed E-state index contributed by atoms with van der Waals surface area (Å²) in [5.41, 5.74) is 1.20. The van der Waals surface area contributed by atoms with E-state index in [0.29, 0.717) is 16.6 Å². The molecule has 0 atom stereocenters. The van der Waals surface area contributed by atoms with Crippen molar-refractivity contribution >= 4 is 46.0 Å². The number of hydrogen-bond donors (Lipinski definition) is 0. The number of pyridine rings is 1. The molecular weight excluding hydrogens is 371 g/mol. The molecule has 0 aromatic carbocycles. The first-order chi connectivity index (χ1) is 9.24. The van der Waals surface area contributed by atoms with Gasteiger partial charge in [0, 0.05) is 26.9 Å². The van der Waals surface area contributed by atoms with Crippen molar-refractivity contribution in [1.29, 1.82) is 0 Å². The normalized spacial score (nSPS) is 11.7. The summed E-state index contributed by atoms with van der Waals surface area (Å²) in [6.45, 7) is 7.22. The molecule has 0 unspecified atom stereocenters. The predicted molar refractivity (Wildman–Crippen MR) is 84.2 cm³/mol. The molecule has 6 heteroatoms. The third kappa shape index (κ3) is 2.70. The minimum absolute atomic E-state index is 0.441. The highest BCUT2D eigenvalue weighted by atomic mass is 127. The number of nitrogens with zero attached hydrogens (tertiary/aromatic N) is 2. The first-order valence-corrected chi connectivity index (χ1v) is 7.17. The maximum absolute atomic E-state index is 12.2. The van der Waals surface area contributed by atoms with Crippen molar-refractivity contribution < 1.29 is 14.3 Å². The number of hydrogen-bond acceptors (Lipinski definition) is 4. The second kappa shape index (κ2) is 5.16. The highest BCUT2D eigenvalue weighted by Crippen LogP contribution is 2.26. The number of carbonyl (C=O) groups excluding carboxylic acids is 2. The van der Waals surface area contributed by atoms with E-state index in [2.05, 4.69) is 27.6 Å². The van der Waals surface area contributed by atoms with Crippen LogP contribution in [0.1, 0.15) is 36.7 Å². The summed E-state index contributed by atoms with van der Waals surface area (Å²) in [5.74, 6) is 0. The molecule has 0 aliphatic heterocycles. The molecule has 0 saturated carbocycles. The quantitative estimate of drug-likeness (QED) is 0.556. The summed E-state index contributed by atoms with van der Waals surface area (Å²) in [4.78, 5) is 27.7. The summed E-state index contributed by atoms with van der Waals surface area (Å²) in [6, 6.07) is 0. The lowest BCUT2D eigenvalue weighted by molar-refractivity contribution is 0.0543. The van der Waals surface area contributed by atoms with Gasteiger partial charge in [-0.15, -0.1) is 0 Å². The fourth-order valence-corrected chi connectivity index (χ4v) is 2.68. The first kappa shape index (κ1) is 15.0. The van der Waals surface area contributed by atoms with Gasteiger partial charge in [0.25, 0.3) is 0 Å². The molecule has 2 aromatic heterocycles. The van der Waals surface area contributed by atoms with Crippen molar-refractivity contribution in [2.75, 3.05) is 0 Å². The Morgan fingerprint density at radius 1 is 1.45 bits per heavy atom. The van der Waals surface area contributed by atoms with Crippen LogP contribution in [0.15, 0.2) is 12.4 Å². The second-order valence-corrected chi connectivity index (χ2v) is 6.66. The molecule has 0 fully saturated rings. The molecule has 0 N–H and O–H groups in total. The van der Waals surface area contributed by atoms with Crippen molar-refractivity contribution in [1.82, 2.24) is 9.55 Å². The van der Waals surface area contributed by atoms with Crippen LogP contribution in [0, 0.1) is 10.5 Å². The Kier molecular flexibility index (Phi) is 3.86. The topological polar surface area (TPSA) is 61.2 Å². The van der Waals surface area contributed by atoms with Crippen LogP contribution in [0.2, 0.25) is 0 Å². The van der Waals surface area contributed by atoms with Gasteiger partial charge < -0.3 is 4.74 Å². The van der Waals surface area contributed by atoms with E-state index in [1.165, 1.54) is 4.57 Å². The molecule has 106 valence electrons. The van der Waals surface area contributed by atoms with Gasteiger partial charge in [-0.05, 0) is 55.8 Å². The van der Waals surface area contributed by atoms with E-state index in [-0.39, 0.29) is 0 Å². The number of aryl methyl sites for hydroxylation is 1. The van der Waals surface area contributed by atoms with E-state index in [1.54, 1.807) is 33.2 Å². The van der Waals surface area contributed by atoms with Gasteiger partial charge in [0.1, 0.15) is 5.60 Å². The van der Waals surface area contributed by atoms with Crippen LogP contribution in [0.5, 0.6) is 0 Å². The number of ether oxygens (including phenoxy) is 1. The number of fused-ring (bicyclic) bond motifs is 1. The molecule has 2 aromatic rings. The van der Waals surface area contributed by atoms with E-state index < -0.39 is 11.7 Å². The Bertz CT molecular complexity index is 698. The highest BCUT2D eigenvalue weighted by molar-refractivity contribution is 14.1. The average Bonchev–Trinajstić information content (AvgIpc) is 2.65. The van der Waals surface area contributed by atoms with Gasteiger partial charge in [0.15, 0.2) is 11.9 Å². The second-order valence-electron chi connectivity index (χ2n) is 5.50. The lowest BCUT2D eigenvalue weighted by Crippen LogP contribution is -2.26. The van der Waals surface area contributed by atoms with E-state index in [0.717, 1.165) is 15.4 Å². The molecule has 2 heterocycles. The van der Waals surface area contributed by atoms with Gasteiger partial charge in [0.2, 0.25) is 0 Å². The number of rotatable bonds is 1. The molecule has 2 rings (SSSR count). The zero-order valence-corrected chi connectivity index (χ0v) is 13.9. The van der Waals surface area contributed by atoms with E-state index in [1.807, 2.05) is 6.92 Å². The fraction of sp³-hybridized carbons (Fsp3) is 0.357. The van der Waals surface area contributed by atoms with Crippen LogP contribution < -0.4 is 0 Å². The molecule has 0 aliphatic carbocycles. The van der Waals surface area contributed by atoms with Crippen molar-refractivity contribution in [2.45, 2.75) is 33.3 Å². The Morgan fingerprint density at radius 2 is 2.10 bits per heavy atom. The van der Waals surface area contributed by atoms with Crippen LogP contribution in [-0.4, -0.2) is 27.5 Å². The SMILES string of the molecule is Cc1cnc2c(c(I)cn2C(=O)OC(C)(C)C)c1C=O. The van der Waals surface area contributed by atoms with E-state index >= 15 is 0 Å². The maximum atomic E-state index is 12.2. The Balaban J connectivity index is 2.63. The summed E-state index contributed by atoms with van der Waals surface area (Å²) < 4.78 is 7.48. The molecule has 0 aliphatic rings. The molecule has 0 bridgehead atoms. The zero-order chi connectivity index (χ0) is 15.1. The largest absolute Gasteiger partial charge is 0.443 e. The monoisotopic (exact) mass is 386 g/mol. The average molecular weight is 386 g/mol. The summed E-state index contributed by atoms with van der Waals surface area (Å²) in [6.07, 6.45) is 3.52. The van der Waals surface area contributed by atoms with Crippen molar-refractivity contribution in [3.63, 3.8) is 0 Å². The van der Waals surface area contributed by atoms with Gasteiger partial charge >= 0.3 is 6.09 Å². The van der Waals surface area contributed by atoms with Crippen LogP contribution >= 0.6 is 22.6 Å². The minimum Gasteiger partial charge on any atom is -0.443 e. The van der Waals surface area contributed by atoms with Crippen LogP contribution in [-0.2, 0) is 4.74 Å². The first-order valence-electron chi connectivity index (χ1n) is 6.09. The Hall–Kier alpha value is -1.44. The van der Waals surface area contributed by atoms with Gasteiger partial charge in [-0.2, -0.15) is 0 Å². The molecule has 0 radical (unpaired) electrons. The van der Waals surface area contributed by atoms with Gasteiger partial charge in [0.05, 0.1) is 0 Å². The molecule has 20 heavy (non-hydrogen) atoms. The molecular formula is C14H15IN2O3.